The number of benzene rings is 2. The van der Waals surface area contributed by atoms with Crippen molar-refractivity contribution in [3.8, 4) is 28.7 Å². The number of ether oxygens (including phenoxy) is 5. The van der Waals surface area contributed by atoms with Gasteiger partial charge >= 0.3 is 0 Å². The summed E-state index contributed by atoms with van der Waals surface area (Å²) in [6, 6.07) is 9.13. The van der Waals surface area contributed by atoms with Crippen molar-refractivity contribution in [1.29, 1.82) is 0 Å². The van der Waals surface area contributed by atoms with Gasteiger partial charge in [-0.3, -0.25) is 4.79 Å². The van der Waals surface area contributed by atoms with Gasteiger partial charge in [0.2, 0.25) is 0 Å². The fourth-order valence-electron chi connectivity index (χ4n) is 3.47. The van der Waals surface area contributed by atoms with Gasteiger partial charge in [0.15, 0.2) is 5.52 Å². The Morgan fingerprint density at radius 3 is 1.53 bits per heavy atom. The van der Waals surface area contributed by atoms with Crippen molar-refractivity contribution in [2.45, 2.75) is 60.8 Å². The van der Waals surface area contributed by atoms with Gasteiger partial charge in [-0.1, -0.05) is 47.6 Å². The number of rotatable bonds is 17. The van der Waals surface area contributed by atoms with Gasteiger partial charge in [0.25, 0.3) is 0 Å². The Morgan fingerprint density at radius 2 is 1.13 bits per heavy atom. The van der Waals surface area contributed by atoms with E-state index in [9.17, 15) is 4.79 Å². The van der Waals surface area contributed by atoms with Crippen LogP contribution in [0.1, 0.15) is 71.2 Å². The molecular formula is C30H45LiO6P. The van der Waals surface area contributed by atoms with Crippen LogP contribution in [0.5, 0.6) is 28.7 Å². The quantitative estimate of drug-likeness (QED) is 0.164. The Bertz CT molecular complexity index is 935. The molecule has 0 heterocycles. The molecule has 0 amide bonds. The first-order chi connectivity index (χ1) is 17.7. The number of hydrogen-bond acceptors (Lipinski definition) is 6. The minimum Gasteiger partial charge on any atom is -0.496 e. The molecule has 0 aliphatic heterocycles. The smallest absolute Gasteiger partial charge is 0.193 e. The van der Waals surface area contributed by atoms with Crippen LogP contribution in [0.3, 0.4) is 0 Å². The van der Waals surface area contributed by atoms with Gasteiger partial charge in [0, 0.05) is 31.0 Å². The summed E-state index contributed by atoms with van der Waals surface area (Å²) in [5, 5.41) is 0.738. The zero-order chi connectivity index (χ0) is 27.4. The summed E-state index contributed by atoms with van der Waals surface area (Å²) < 4.78 is 29.6. The second-order valence-electron chi connectivity index (χ2n) is 10.4. The zero-order valence-electron chi connectivity index (χ0n) is 24.8. The first-order valence-corrected chi connectivity index (χ1v) is 14.2. The van der Waals surface area contributed by atoms with Crippen LogP contribution in [0.15, 0.2) is 30.3 Å². The minimum absolute atomic E-state index is 0. The van der Waals surface area contributed by atoms with E-state index in [1.165, 1.54) is 0 Å². The summed E-state index contributed by atoms with van der Waals surface area (Å²) in [6.45, 7) is 14.7. The Morgan fingerprint density at radius 1 is 0.711 bits per heavy atom. The van der Waals surface area contributed by atoms with E-state index in [4.69, 9.17) is 23.7 Å². The van der Waals surface area contributed by atoms with Gasteiger partial charge in [-0.15, -0.1) is 0 Å². The predicted molar refractivity (Wildman–Crippen MR) is 159 cm³/mol. The summed E-state index contributed by atoms with van der Waals surface area (Å²) in [5.41, 5.74) is 0.314. The molecule has 0 fully saturated rings. The summed E-state index contributed by atoms with van der Waals surface area (Å²) in [5.74, 6) is 4.44. The molecule has 0 N–H and O–H groups in total. The molecule has 0 aromatic heterocycles. The summed E-state index contributed by atoms with van der Waals surface area (Å²) >= 11 is 0. The van der Waals surface area contributed by atoms with Gasteiger partial charge < -0.3 is 23.7 Å². The summed E-state index contributed by atoms with van der Waals surface area (Å²) in [4.78, 5) is 13.7. The molecule has 2 aromatic rings. The average molecular weight is 540 g/mol. The van der Waals surface area contributed by atoms with Crippen LogP contribution >= 0.6 is 8.58 Å². The van der Waals surface area contributed by atoms with Crippen molar-refractivity contribution in [2.24, 2.45) is 17.8 Å². The minimum atomic E-state index is -0.246. The van der Waals surface area contributed by atoms with E-state index in [1.54, 1.807) is 26.4 Å². The largest absolute Gasteiger partial charge is 0.496 e. The second kappa shape index (κ2) is 17.7. The fourth-order valence-corrected chi connectivity index (χ4v) is 4.61. The van der Waals surface area contributed by atoms with Crippen molar-refractivity contribution in [3.05, 3.63) is 35.9 Å². The molecule has 0 spiro atoms. The molecule has 38 heavy (non-hydrogen) atoms. The maximum absolute atomic E-state index is 13.7. The maximum Gasteiger partial charge on any atom is 0.193 e. The standard InChI is InChI=1S/C30H45O6P.Li/c1-20(2)12-15-34-23-18-26(35-16-13-21(3)4)29(27(19-23)36-17-14-22(5)6)37-30(31)28-24(32-7)10-9-11-25(28)33-8;/h9-11,18-22,37H,12-17H2,1-8H3;. The van der Waals surface area contributed by atoms with E-state index < -0.39 is 0 Å². The number of methoxy groups -OCH3 is 2. The normalized spacial score (nSPS) is 11.2. The summed E-state index contributed by atoms with van der Waals surface area (Å²) in [7, 11) is 2.86. The van der Waals surface area contributed by atoms with Crippen LogP contribution in [0.25, 0.3) is 0 Å². The molecule has 2 aromatic carbocycles. The molecule has 0 bridgehead atoms. The van der Waals surface area contributed by atoms with Gasteiger partial charge in [-0.05, 0) is 57.7 Å². The molecule has 0 aliphatic rings. The van der Waals surface area contributed by atoms with Crippen molar-refractivity contribution in [3.63, 3.8) is 0 Å². The third-order valence-corrected chi connectivity index (χ3v) is 7.02. The van der Waals surface area contributed by atoms with Crippen LogP contribution in [0.2, 0.25) is 0 Å². The molecule has 207 valence electrons. The van der Waals surface area contributed by atoms with Gasteiger partial charge in [0.05, 0.1) is 39.3 Å². The van der Waals surface area contributed by atoms with E-state index in [-0.39, 0.29) is 33.0 Å². The van der Waals surface area contributed by atoms with Crippen molar-refractivity contribution >= 4 is 38.3 Å². The van der Waals surface area contributed by atoms with Crippen molar-refractivity contribution in [2.75, 3.05) is 34.0 Å². The van der Waals surface area contributed by atoms with E-state index >= 15 is 0 Å². The Labute approximate surface area is 243 Å². The van der Waals surface area contributed by atoms with Crippen molar-refractivity contribution < 1.29 is 28.5 Å². The first kappa shape index (κ1) is 34.2. The Hall–Kier alpha value is -1.86. The van der Waals surface area contributed by atoms with Crippen molar-refractivity contribution in [1.82, 2.24) is 0 Å². The van der Waals surface area contributed by atoms with Crippen LogP contribution in [0.4, 0.5) is 0 Å². The SMILES string of the molecule is COc1cccc(OC)c1C(=O)Pc1c(OCCC(C)C)cc(OCCC(C)C)cc1OCCC(C)C.[Li]. The number of hydrogen-bond donors (Lipinski definition) is 0. The molecule has 8 heteroatoms. The van der Waals surface area contributed by atoms with Crippen LogP contribution in [0, 0.1) is 17.8 Å². The van der Waals surface area contributed by atoms with Crippen LogP contribution < -0.4 is 29.0 Å². The number of carbonyl (C=O) groups is 1. The van der Waals surface area contributed by atoms with E-state index in [1.807, 2.05) is 18.2 Å². The molecule has 0 saturated carbocycles. The third kappa shape index (κ3) is 11.1. The van der Waals surface area contributed by atoms with E-state index in [2.05, 4.69) is 41.5 Å². The molecule has 2 rings (SSSR count). The molecule has 0 saturated heterocycles. The molecule has 1 unspecified atom stereocenters. The Balaban J connectivity index is 0.00000722. The van der Waals surface area contributed by atoms with Crippen LogP contribution in [-0.2, 0) is 0 Å². The molecule has 1 atom stereocenters. The Kier molecular flexibility index (Phi) is 15.9. The van der Waals surface area contributed by atoms with Crippen LogP contribution in [-0.4, -0.2) is 58.4 Å². The molecular weight excluding hydrogens is 494 g/mol. The monoisotopic (exact) mass is 539 g/mol. The molecule has 6 nitrogen and oxygen atoms in total. The average Bonchev–Trinajstić information content (AvgIpc) is 2.84. The zero-order valence-corrected chi connectivity index (χ0v) is 25.8. The van der Waals surface area contributed by atoms with Gasteiger partial charge in [-0.25, -0.2) is 0 Å². The number of carbonyl (C=O) groups excluding carboxylic acids is 1. The van der Waals surface area contributed by atoms with Gasteiger partial charge in [-0.2, -0.15) is 0 Å². The fraction of sp³-hybridized carbons (Fsp3) is 0.567. The van der Waals surface area contributed by atoms with E-state index in [0.717, 1.165) is 24.6 Å². The van der Waals surface area contributed by atoms with Gasteiger partial charge in [0.1, 0.15) is 34.3 Å². The third-order valence-electron chi connectivity index (χ3n) is 5.80. The summed E-state index contributed by atoms with van der Waals surface area (Å²) in [6.07, 6.45) is 2.75. The first-order valence-electron chi connectivity index (χ1n) is 13.2. The molecule has 1 radical (unpaired) electrons. The van der Waals surface area contributed by atoms with E-state index in [0.29, 0.717) is 71.9 Å². The topological polar surface area (TPSA) is 63.2 Å². The predicted octanol–water partition coefficient (Wildman–Crippen LogP) is 6.74. The molecule has 0 aliphatic carbocycles. The maximum atomic E-state index is 13.7. The second-order valence-corrected chi connectivity index (χ2v) is 11.6.